The molecule has 0 aliphatic carbocycles. The molecule has 152 valence electrons. The molecule has 2 aromatic carbocycles. The Labute approximate surface area is 174 Å². The monoisotopic (exact) mass is 402 g/mol. The van der Waals surface area contributed by atoms with E-state index in [0.29, 0.717) is 34.3 Å². The van der Waals surface area contributed by atoms with Gasteiger partial charge in [0, 0.05) is 18.5 Å². The Balaban J connectivity index is 1.79. The number of anilines is 1. The molecule has 1 N–H and O–H groups in total. The second-order valence-corrected chi connectivity index (χ2v) is 6.64. The molecule has 2 heterocycles. The normalized spacial score (nSPS) is 10.6. The summed E-state index contributed by atoms with van der Waals surface area (Å²) in [6, 6.07) is 18.8. The summed E-state index contributed by atoms with van der Waals surface area (Å²) in [5, 5.41) is 7.60. The fourth-order valence-corrected chi connectivity index (χ4v) is 3.33. The minimum absolute atomic E-state index is 0.276. The summed E-state index contributed by atoms with van der Waals surface area (Å²) in [5.74, 6) is 1.54. The van der Waals surface area contributed by atoms with Gasteiger partial charge in [-0.05, 0) is 43.3 Å². The number of hydrogen-bond acceptors (Lipinski definition) is 4. The number of nitrogens with one attached hydrogen (secondary N) is 1. The molecule has 0 radical (unpaired) electrons. The third kappa shape index (κ3) is 3.53. The van der Waals surface area contributed by atoms with Crippen LogP contribution in [0.5, 0.6) is 11.5 Å². The maximum Gasteiger partial charge on any atom is 0.261 e. The van der Waals surface area contributed by atoms with Crippen LogP contribution in [0, 0.1) is 6.92 Å². The summed E-state index contributed by atoms with van der Waals surface area (Å²) in [6.45, 7) is 1.83. The lowest BCUT2D eigenvalue weighted by molar-refractivity contribution is 0.102. The van der Waals surface area contributed by atoms with Crippen molar-refractivity contribution >= 4 is 11.6 Å². The van der Waals surface area contributed by atoms with Gasteiger partial charge in [-0.3, -0.25) is 4.79 Å². The zero-order chi connectivity index (χ0) is 21.1. The third-order valence-corrected chi connectivity index (χ3v) is 4.77. The Kier molecular flexibility index (Phi) is 5.26. The third-order valence-electron chi connectivity index (χ3n) is 4.77. The number of para-hydroxylation sites is 1. The molecule has 0 aliphatic rings. The molecule has 0 bridgehead atoms. The summed E-state index contributed by atoms with van der Waals surface area (Å²) in [6.07, 6.45) is 3.78. The lowest BCUT2D eigenvalue weighted by Crippen LogP contribution is -2.16. The molecule has 7 nitrogen and oxygen atoms in total. The summed E-state index contributed by atoms with van der Waals surface area (Å²) >= 11 is 0. The predicted molar refractivity (Wildman–Crippen MR) is 115 cm³/mol. The molecule has 0 saturated heterocycles. The maximum atomic E-state index is 13.4. The van der Waals surface area contributed by atoms with Gasteiger partial charge in [0.2, 0.25) is 0 Å². The van der Waals surface area contributed by atoms with Crippen LogP contribution in [0.25, 0.3) is 11.5 Å². The van der Waals surface area contributed by atoms with E-state index in [1.54, 1.807) is 37.1 Å². The van der Waals surface area contributed by atoms with Gasteiger partial charge in [0.05, 0.1) is 31.3 Å². The van der Waals surface area contributed by atoms with Gasteiger partial charge in [0.25, 0.3) is 5.91 Å². The van der Waals surface area contributed by atoms with Crippen LogP contribution in [0.3, 0.4) is 0 Å². The van der Waals surface area contributed by atoms with Crippen molar-refractivity contribution in [3.05, 3.63) is 84.3 Å². The zero-order valence-corrected chi connectivity index (χ0v) is 17.0. The first-order chi connectivity index (χ1) is 14.6. The van der Waals surface area contributed by atoms with Crippen LogP contribution in [0.15, 0.2) is 73.1 Å². The number of benzene rings is 2. The molecule has 0 atom stereocenters. The fourth-order valence-electron chi connectivity index (χ4n) is 3.33. The van der Waals surface area contributed by atoms with Crippen molar-refractivity contribution in [3.63, 3.8) is 0 Å². The molecule has 7 heteroatoms. The predicted octanol–water partition coefficient (Wildman–Crippen LogP) is 4.24. The quantitative estimate of drug-likeness (QED) is 0.524. The molecular formula is C23H22N4O3. The van der Waals surface area contributed by atoms with Crippen LogP contribution in [0.1, 0.15) is 16.1 Å². The van der Waals surface area contributed by atoms with Crippen LogP contribution >= 0.6 is 0 Å². The number of carbonyl (C=O) groups is 1. The number of nitrogens with zero attached hydrogens (tertiary/aromatic N) is 3. The van der Waals surface area contributed by atoms with Crippen LogP contribution in [-0.4, -0.2) is 34.5 Å². The number of amides is 1. The lowest BCUT2D eigenvalue weighted by Gasteiger charge is -2.13. The fraction of sp³-hybridized carbons (Fsp3) is 0.130. The van der Waals surface area contributed by atoms with Gasteiger partial charge in [-0.1, -0.05) is 18.2 Å². The summed E-state index contributed by atoms with van der Waals surface area (Å²) in [5.41, 5.74) is 2.51. The standard InChI is InChI=1S/C23H22N4O3/c1-16-21(22(28)24-19-12-11-18(29-2)15-20(19)30-3)23(26-13-7-8-14-26)27(25-16)17-9-5-4-6-10-17/h4-15H,1-3H3,(H,24,28). The highest BCUT2D eigenvalue weighted by atomic mass is 16.5. The number of methoxy groups -OCH3 is 2. The Hall–Kier alpha value is -4.00. The van der Waals surface area contributed by atoms with Gasteiger partial charge < -0.3 is 19.4 Å². The molecule has 2 aromatic heterocycles. The van der Waals surface area contributed by atoms with E-state index in [1.807, 2.05) is 66.3 Å². The van der Waals surface area contributed by atoms with E-state index in [0.717, 1.165) is 5.69 Å². The van der Waals surface area contributed by atoms with Crippen molar-refractivity contribution in [2.75, 3.05) is 19.5 Å². The van der Waals surface area contributed by atoms with Gasteiger partial charge in [0.1, 0.15) is 17.1 Å². The molecule has 1 amide bonds. The number of rotatable bonds is 6. The molecule has 4 rings (SSSR count). The Morgan fingerprint density at radius 1 is 0.967 bits per heavy atom. The summed E-state index contributed by atoms with van der Waals surface area (Å²) in [4.78, 5) is 13.4. The smallest absolute Gasteiger partial charge is 0.261 e. The molecule has 30 heavy (non-hydrogen) atoms. The summed E-state index contributed by atoms with van der Waals surface area (Å²) < 4.78 is 14.3. The molecular weight excluding hydrogens is 380 g/mol. The number of ether oxygens (including phenoxy) is 2. The van der Waals surface area contributed by atoms with E-state index in [1.165, 1.54) is 0 Å². The van der Waals surface area contributed by atoms with E-state index in [9.17, 15) is 4.79 Å². The van der Waals surface area contributed by atoms with Crippen molar-refractivity contribution in [1.82, 2.24) is 14.3 Å². The van der Waals surface area contributed by atoms with Gasteiger partial charge in [-0.2, -0.15) is 5.10 Å². The maximum absolute atomic E-state index is 13.4. The first-order valence-corrected chi connectivity index (χ1v) is 9.44. The van der Waals surface area contributed by atoms with Crippen LogP contribution in [-0.2, 0) is 0 Å². The van der Waals surface area contributed by atoms with Crippen molar-refractivity contribution in [2.45, 2.75) is 6.92 Å². The highest BCUT2D eigenvalue weighted by molar-refractivity contribution is 6.08. The number of aryl methyl sites for hydroxylation is 1. The first-order valence-electron chi connectivity index (χ1n) is 9.44. The molecule has 0 fully saturated rings. The van der Waals surface area contributed by atoms with Crippen LogP contribution in [0.2, 0.25) is 0 Å². The first kappa shape index (κ1) is 19.3. The number of aromatic nitrogens is 3. The van der Waals surface area contributed by atoms with Crippen molar-refractivity contribution in [3.8, 4) is 23.0 Å². The minimum atomic E-state index is -0.276. The van der Waals surface area contributed by atoms with Gasteiger partial charge in [-0.15, -0.1) is 0 Å². The number of carbonyl (C=O) groups excluding carboxylic acids is 1. The molecule has 0 spiro atoms. The zero-order valence-electron chi connectivity index (χ0n) is 17.0. The topological polar surface area (TPSA) is 70.3 Å². The van der Waals surface area contributed by atoms with E-state index >= 15 is 0 Å². The van der Waals surface area contributed by atoms with E-state index < -0.39 is 0 Å². The Bertz CT molecular complexity index is 1160. The molecule has 0 saturated carbocycles. The SMILES string of the molecule is COc1ccc(NC(=O)c2c(C)nn(-c3ccccc3)c2-n2cccc2)c(OC)c1. The van der Waals surface area contributed by atoms with Gasteiger partial charge >= 0.3 is 0 Å². The van der Waals surface area contributed by atoms with Crippen LogP contribution < -0.4 is 14.8 Å². The van der Waals surface area contributed by atoms with E-state index in [-0.39, 0.29) is 5.91 Å². The van der Waals surface area contributed by atoms with Crippen LogP contribution in [0.4, 0.5) is 5.69 Å². The Morgan fingerprint density at radius 3 is 2.37 bits per heavy atom. The van der Waals surface area contributed by atoms with Gasteiger partial charge in [0.15, 0.2) is 5.82 Å². The summed E-state index contributed by atoms with van der Waals surface area (Å²) in [7, 11) is 3.13. The van der Waals surface area contributed by atoms with Crippen molar-refractivity contribution < 1.29 is 14.3 Å². The molecule has 4 aromatic rings. The van der Waals surface area contributed by atoms with E-state index in [4.69, 9.17) is 9.47 Å². The minimum Gasteiger partial charge on any atom is -0.497 e. The van der Waals surface area contributed by atoms with Gasteiger partial charge in [-0.25, -0.2) is 4.68 Å². The Morgan fingerprint density at radius 2 is 1.70 bits per heavy atom. The average Bonchev–Trinajstić information content (AvgIpc) is 3.42. The van der Waals surface area contributed by atoms with Crippen molar-refractivity contribution in [2.24, 2.45) is 0 Å². The number of hydrogen-bond donors (Lipinski definition) is 1. The largest absolute Gasteiger partial charge is 0.497 e. The van der Waals surface area contributed by atoms with E-state index in [2.05, 4.69) is 10.4 Å². The lowest BCUT2D eigenvalue weighted by atomic mass is 10.2. The highest BCUT2D eigenvalue weighted by Crippen LogP contribution is 2.31. The molecule has 0 aliphatic heterocycles. The highest BCUT2D eigenvalue weighted by Gasteiger charge is 2.24. The average molecular weight is 402 g/mol. The van der Waals surface area contributed by atoms with Crippen molar-refractivity contribution in [1.29, 1.82) is 0 Å². The second-order valence-electron chi connectivity index (χ2n) is 6.64. The molecule has 0 unspecified atom stereocenters. The second kappa shape index (κ2) is 8.16.